The number of rotatable bonds is 8. The van der Waals surface area contributed by atoms with Gasteiger partial charge in [-0.05, 0) is 37.8 Å². The molecular weight excluding hydrogens is 322 g/mol. The smallest absolute Gasteiger partial charge is 0.246 e. The number of carbonyl (C=O) groups excluding carboxylic acids is 2. The third-order valence-corrected chi connectivity index (χ3v) is 4.35. The minimum atomic E-state index is -0.124. The molecule has 1 aliphatic carbocycles. The quantitative estimate of drug-likeness (QED) is 0.488. The van der Waals surface area contributed by atoms with Crippen LogP contribution in [-0.2, 0) is 19.1 Å². The van der Waals surface area contributed by atoms with Crippen molar-refractivity contribution in [2.75, 3.05) is 38.0 Å². The average molecular weight is 349 g/mol. The van der Waals surface area contributed by atoms with Crippen LogP contribution in [0.15, 0.2) is 24.3 Å². The van der Waals surface area contributed by atoms with E-state index in [1.807, 2.05) is 12.1 Å². The summed E-state index contributed by atoms with van der Waals surface area (Å²) in [6.45, 7) is 0.913. The van der Waals surface area contributed by atoms with Crippen LogP contribution in [0, 0.1) is 5.92 Å². The lowest BCUT2D eigenvalue weighted by Gasteiger charge is -2.28. The number of para-hydroxylation sites is 2. The van der Waals surface area contributed by atoms with Gasteiger partial charge in [0.05, 0.1) is 24.6 Å². The van der Waals surface area contributed by atoms with Gasteiger partial charge in [0, 0.05) is 19.1 Å². The van der Waals surface area contributed by atoms with Crippen LogP contribution in [0.5, 0.6) is 0 Å². The average Bonchev–Trinajstić information content (AvgIpc) is 2.61. The molecule has 0 heterocycles. The number of hydrogen-bond acceptors (Lipinski definition) is 5. The Balaban J connectivity index is 1.69. The molecule has 1 aliphatic rings. The van der Waals surface area contributed by atoms with Crippen molar-refractivity contribution in [2.45, 2.75) is 31.7 Å². The predicted molar refractivity (Wildman–Crippen MR) is 96.1 cm³/mol. The van der Waals surface area contributed by atoms with E-state index in [-0.39, 0.29) is 30.4 Å². The van der Waals surface area contributed by atoms with E-state index >= 15 is 0 Å². The first-order valence-electron chi connectivity index (χ1n) is 8.61. The number of nitrogens with two attached hydrogens (primary N) is 1. The van der Waals surface area contributed by atoms with Crippen LogP contribution in [0.3, 0.4) is 0 Å². The van der Waals surface area contributed by atoms with Gasteiger partial charge in [-0.15, -0.1) is 0 Å². The number of benzene rings is 1. The molecule has 2 amide bonds. The van der Waals surface area contributed by atoms with Crippen LogP contribution in [0.2, 0.25) is 0 Å². The second-order valence-corrected chi connectivity index (χ2v) is 6.24. The van der Waals surface area contributed by atoms with Gasteiger partial charge in [-0.2, -0.15) is 0 Å². The van der Waals surface area contributed by atoms with E-state index in [1.165, 1.54) is 0 Å². The molecule has 0 radical (unpaired) electrons. The molecule has 1 fully saturated rings. The van der Waals surface area contributed by atoms with Crippen molar-refractivity contribution in [1.82, 2.24) is 5.32 Å². The highest BCUT2D eigenvalue weighted by molar-refractivity contribution is 5.95. The van der Waals surface area contributed by atoms with Gasteiger partial charge in [-0.25, -0.2) is 0 Å². The highest BCUT2D eigenvalue weighted by Crippen LogP contribution is 2.26. The first-order chi connectivity index (χ1) is 12.1. The van der Waals surface area contributed by atoms with Crippen LogP contribution in [0.4, 0.5) is 11.4 Å². The van der Waals surface area contributed by atoms with Crippen LogP contribution in [0.25, 0.3) is 0 Å². The molecule has 7 nitrogen and oxygen atoms in total. The summed E-state index contributed by atoms with van der Waals surface area (Å²) in [5, 5.41) is 5.85. The SMILES string of the molecule is COCCOCC(=O)NC1CCC(C(=O)Nc2ccccc2N)CC1. The summed E-state index contributed by atoms with van der Waals surface area (Å²) in [4.78, 5) is 24.2. The molecule has 0 aliphatic heterocycles. The summed E-state index contributed by atoms with van der Waals surface area (Å²) in [7, 11) is 1.59. The Hall–Kier alpha value is -2.12. The van der Waals surface area contributed by atoms with Crippen molar-refractivity contribution in [1.29, 1.82) is 0 Å². The molecule has 1 aromatic rings. The number of nitrogen functional groups attached to an aromatic ring is 1. The molecule has 0 saturated heterocycles. The Morgan fingerprint density at radius 2 is 1.88 bits per heavy atom. The van der Waals surface area contributed by atoms with Crippen molar-refractivity contribution in [3.05, 3.63) is 24.3 Å². The minimum absolute atomic E-state index is 0.00873. The molecule has 1 aromatic carbocycles. The van der Waals surface area contributed by atoms with Crippen molar-refractivity contribution in [3.8, 4) is 0 Å². The minimum Gasteiger partial charge on any atom is -0.397 e. The van der Waals surface area contributed by atoms with Gasteiger partial charge in [-0.1, -0.05) is 12.1 Å². The monoisotopic (exact) mass is 349 g/mol. The Morgan fingerprint density at radius 1 is 1.16 bits per heavy atom. The molecule has 0 aromatic heterocycles. The van der Waals surface area contributed by atoms with Gasteiger partial charge in [0.25, 0.3) is 0 Å². The highest BCUT2D eigenvalue weighted by Gasteiger charge is 2.27. The molecule has 0 bridgehead atoms. The van der Waals surface area contributed by atoms with Gasteiger partial charge >= 0.3 is 0 Å². The molecule has 4 N–H and O–H groups in total. The normalized spacial score (nSPS) is 20.0. The van der Waals surface area contributed by atoms with Gasteiger partial charge in [0.15, 0.2) is 0 Å². The highest BCUT2D eigenvalue weighted by atomic mass is 16.5. The summed E-state index contributed by atoms with van der Waals surface area (Å²) in [6.07, 6.45) is 3.06. The Bertz CT molecular complexity index is 571. The van der Waals surface area contributed by atoms with Crippen molar-refractivity contribution in [2.24, 2.45) is 5.92 Å². The number of hydrogen-bond donors (Lipinski definition) is 3. The molecule has 1 saturated carbocycles. The zero-order valence-electron chi connectivity index (χ0n) is 14.6. The summed E-state index contributed by atoms with van der Waals surface area (Å²) in [6, 6.07) is 7.33. The number of ether oxygens (including phenoxy) is 2. The topological polar surface area (TPSA) is 103 Å². The fraction of sp³-hybridized carbons (Fsp3) is 0.556. The van der Waals surface area contributed by atoms with Gasteiger partial charge < -0.3 is 25.8 Å². The molecule has 0 spiro atoms. The third-order valence-electron chi connectivity index (χ3n) is 4.35. The molecule has 7 heteroatoms. The van der Waals surface area contributed by atoms with E-state index in [4.69, 9.17) is 15.2 Å². The third kappa shape index (κ3) is 6.36. The summed E-state index contributed by atoms with van der Waals surface area (Å²) in [5.41, 5.74) is 7.06. The molecule has 25 heavy (non-hydrogen) atoms. The molecule has 0 unspecified atom stereocenters. The number of anilines is 2. The van der Waals surface area contributed by atoms with E-state index in [1.54, 1.807) is 19.2 Å². The maximum Gasteiger partial charge on any atom is 0.246 e. The molecule has 138 valence electrons. The maximum atomic E-state index is 12.4. The van der Waals surface area contributed by atoms with Gasteiger partial charge in [0.1, 0.15) is 6.61 Å². The summed E-state index contributed by atoms with van der Waals surface area (Å²) < 4.78 is 10.1. The van der Waals surface area contributed by atoms with E-state index in [2.05, 4.69) is 10.6 Å². The summed E-state index contributed by atoms with van der Waals surface area (Å²) in [5.74, 6) is -0.183. The first kappa shape index (κ1) is 19.2. The zero-order chi connectivity index (χ0) is 18.1. The van der Waals surface area contributed by atoms with E-state index in [0.717, 1.165) is 25.7 Å². The van der Waals surface area contributed by atoms with Crippen LogP contribution in [-0.4, -0.2) is 44.8 Å². The molecule has 0 atom stereocenters. The fourth-order valence-corrected chi connectivity index (χ4v) is 2.92. The first-order valence-corrected chi connectivity index (χ1v) is 8.61. The second kappa shape index (κ2) is 10.0. The molecule has 2 rings (SSSR count). The number of carbonyl (C=O) groups is 2. The lowest BCUT2D eigenvalue weighted by atomic mass is 9.85. The fourth-order valence-electron chi connectivity index (χ4n) is 2.92. The van der Waals surface area contributed by atoms with Crippen LogP contribution in [0.1, 0.15) is 25.7 Å². The molecular formula is C18H27N3O4. The zero-order valence-corrected chi connectivity index (χ0v) is 14.6. The number of nitrogens with one attached hydrogen (secondary N) is 2. The Kier molecular flexibility index (Phi) is 7.69. The lowest BCUT2D eigenvalue weighted by molar-refractivity contribution is -0.127. The van der Waals surface area contributed by atoms with E-state index in [0.29, 0.717) is 24.6 Å². The maximum absolute atomic E-state index is 12.4. The van der Waals surface area contributed by atoms with Crippen molar-refractivity contribution < 1.29 is 19.1 Å². The predicted octanol–water partition coefficient (Wildman–Crippen LogP) is 1.55. The Morgan fingerprint density at radius 3 is 2.56 bits per heavy atom. The number of amides is 2. The number of methoxy groups -OCH3 is 1. The second-order valence-electron chi connectivity index (χ2n) is 6.24. The van der Waals surface area contributed by atoms with Crippen molar-refractivity contribution >= 4 is 23.2 Å². The van der Waals surface area contributed by atoms with Crippen LogP contribution < -0.4 is 16.4 Å². The van der Waals surface area contributed by atoms with E-state index in [9.17, 15) is 9.59 Å². The summed E-state index contributed by atoms with van der Waals surface area (Å²) >= 11 is 0. The van der Waals surface area contributed by atoms with Gasteiger partial charge in [0.2, 0.25) is 11.8 Å². The van der Waals surface area contributed by atoms with E-state index < -0.39 is 0 Å². The van der Waals surface area contributed by atoms with Gasteiger partial charge in [-0.3, -0.25) is 9.59 Å². The van der Waals surface area contributed by atoms with Crippen LogP contribution >= 0.6 is 0 Å². The largest absolute Gasteiger partial charge is 0.397 e. The van der Waals surface area contributed by atoms with Crippen molar-refractivity contribution in [3.63, 3.8) is 0 Å². The Labute approximate surface area is 148 Å². The standard InChI is InChI=1S/C18H27N3O4/c1-24-10-11-25-12-17(22)20-14-8-6-13(7-9-14)18(23)21-16-5-3-2-4-15(16)19/h2-5,13-14H,6-12,19H2,1H3,(H,20,22)(H,21,23). The lowest BCUT2D eigenvalue weighted by Crippen LogP contribution is -2.41.